The molecule has 0 aliphatic carbocycles. The van der Waals surface area contributed by atoms with Gasteiger partial charge >= 0.3 is 5.97 Å². The van der Waals surface area contributed by atoms with Crippen LogP contribution in [0.4, 0.5) is 0 Å². The van der Waals surface area contributed by atoms with Gasteiger partial charge in [-0.1, -0.05) is 0 Å². The molecule has 1 N–H and O–H groups in total. The molecule has 0 fully saturated rings. The van der Waals surface area contributed by atoms with E-state index in [4.69, 9.17) is 5.11 Å². The van der Waals surface area contributed by atoms with Gasteiger partial charge < -0.3 is 15.0 Å². The minimum Gasteiger partial charge on any atom is -0.633 e. The van der Waals surface area contributed by atoms with Gasteiger partial charge in [-0.3, -0.25) is 4.79 Å². The maximum Gasteiger partial charge on any atom is 0.309 e. The summed E-state index contributed by atoms with van der Waals surface area (Å²) in [5.74, 6) is -0.919. The zero-order valence-corrected chi connectivity index (χ0v) is 5.63. The molecule has 0 saturated heterocycles. The molecule has 0 rings (SSSR count). The van der Waals surface area contributed by atoms with E-state index in [2.05, 4.69) is 0 Å². The first-order chi connectivity index (χ1) is 3.92. The molecule has 0 aliphatic rings. The first-order valence-electron chi connectivity index (χ1n) is 2.67. The Kier molecular flexibility index (Phi) is 2.61. The predicted octanol–water partition coefficient (Wildman–Crippen LogP) is 0.0353. The summed E-state index contributed by atoms with van der Waals surface area (Å²) in [6.07, 6.45) is -0.0590. The van der Waals surface area contributed by atoms with Crippen LogP contribution in [0.15, 0.2) is 0 Å². The Morgan fingerprint density at radius 2 is 2.11 bits per heavy atom. The number of nitrogens with zero attached hydrogens (tertiary/aromatic N) is 1. The highest BCUT2D eigenvalue weighted by atomic mass is 16.5. The molecule has 0 unspecified atom stereocenters. The molecule has 0 atom stereocenters. The fraction of sp³-hybridized carbons (Fsp3) is 0.800. The Balaban J connectivity index is 3.39. The average molecular weight is 133 g/mol. The van der Waals surface area contributed by atoms with E-state index in [1.165, 1.54) is 14.1 Å². The third-order valence-corrected chi connectivity index (χ3v) is 0.864. The molecule has 0 radical (unpaired) electrons. The van der Waals surface area contributed by atoms with Gasteiger partial charge in [0.25, 0.3) is 0 Å². The number of hydroxylamine groups is 3. The first-order valence-corrected chi connectivity index (χ1v) is 2.67. The first kappa shape index (κ1) is 8.39. The minimum absolute atomic E-state index is 0.0590. The zero-order valence-electron chi connectivity index (χ0n) is 5.63. The molecule has 0 heterocycles. The van der Waals surface area contributed by atoms with Crippen LogP contribution in [0, 0.1) is 5.21 Å². The van der Waals surface area contributed by atoms with Crippen molar-refractivity contribution in [2.24, 2.45) is 0 Å². The van der Waals surface area contributed by atoms with Crippen molar-refractivity contribution in [2.75, 3.05) is 20.6 Å². The lowest BCUT2D eigenvalue weighted by atomic mass is 10.4. The van der Waals surface area contributed by atoms with Crippen molar-refractivity contribution in [1.82, 2.24) is 0 Å². The maximum atomic E-state index is 10.7. The van der Waals surface area contributed by atoms with Gasteiger partial charge in [0.2, 0.25) is 0 Å². The van der Waals surface area contributed by atoms with E-state index in [-0.39, 0.29) is 13.0 Å². The zero-order chi connectivity index (χ0) is 7.49. The summed E-state index contributed by atoms with van der Waals surface area (Å²) in [5.41, 5.74) is 0. The van der Waals surface area contributed by atoms with E-state index < -0.39 is 10.6 Å². The summed E-state index contributed by atoms with van der Waals surface area (Å²) in [6.45, 7) is 0.134. The summed E-state index contributed by atoms with van der Waals surface area (Å²) in [4.78, 5) is 9.90. The van der Waals surface area contributed by atoms with Crippen molar-refractivity contribution in [3.8, 4) is 0 Å². The Morgan fingerprint density at radius 1 is 1.67 bits per heavy atom. The second kappa shape index (κ2) is 2.80. The molecule has 0 aromatic rings. The molecule has 0 saturated carbocycles. The summed E-state index contributed by atoms with van der Waals surface area (Å²) < 4.78 is -0.535. The molecule has 4 nitrogen and oxygen atoms in total. The monoisotopic (exact) mass is 133 g/mol. The molecule has 0 amide bonds. The lowest BCUT2D eigenvalue weighted by Gasteiger charge is -2.32. The third-order valence-electron chi connectivity index (χ3n) is 0.864. The number of carboxylic acids is 1. The van der Waals surface area contributed by atoms with Crippen LogP contribution in [0.5, 0.6) is 0 Å². The van der Waals surface area contributed by atoms with Gasteiger partial charge in [0.15, 0.2) is 0 Å². The summed E-state index contributed by atoms with van der Waals surface area (Å²) in [6, 6.07) is 0. The fourth-order valence-corrected chi connectivity index (χ4v) is 0.365. The number of rotatable bonds is 3. The standard InChI is InChI=1S/C5H11NO3/c1-6(2,9)4-3-5(7)8/h3-4H2,1-2H3,(H,7,8). The van der Waals surface area contributed by atoms with E-state index in [0.29, 0.717) is 0 Å². The molecular weight excluding hydrogens is 122 g/mol. The molecule has 0 bridgehead atoms. The predicted molar refractivity (Wildman–Crippen MR) is 32.6 cm³/mol. The highest BCUT2D eigenvalue weighted by Gasteiger charge is 2.04. The number of carboxylic acid groups (broad SMARTS) is 1. The normalized spacial score (nSPS) is 11.4. The van der Waals surface area contributed by atoms with Gasteiger partial charge in [-0.05, 0) is 0 Å². The number of hydrogen-bond donors (Lipinski definition) is 1. The molecule has 9 heavy (non-hydrogen) atoms. The van der Waals surface area contributed by atoms with Crippen molar-refractivity contribution in [3.05, 3.63) is 5.21 Å². The Bertz CT molecular complexity index is 105. The van der Waals surface area contributed by atoms with Crippen molar-refractivity contribution >= 4 is 5.97 Å². The lowest BCUT2D eigenvalue weighted by molar-refractivity contribution is -0.839. The lowest BCUT2D eigenvalue weighted by Crippen LogP contribution is -2.34. The molecule has 0 spiro atoms. The average Bonchev–Trinajstić information content (AvgIpc) is 1.59. The SMILES string of the molecule is C[N+](C)([O-])CCC(=O)O. The van der Waals surface area contributed by atoms with Gasteiger partial charge in [0.1, 0.15) is 0 Å². The molecule has 0 aromatic carbocycles. The van der Waals surface area contributed by atoms with Gasteiger partial charge in [-0.25, -0.2) is 0 Å². The van der Waals surface area contributed by atoms with Crippen LogP contribution in [0.2, 0.25) is 0 Å². The van der Waals surface area contributed by atoms with Gasteiger partial charge in [-0.2, -0.15) is 0 Å². The van der Waals surface area contributed by atoms with Crippen molar-refractivity contribution in [3.63, 3.8) is 0 Å². The van der Waals surface area contributed by atoms with E-state index in [9.17, 15) is 10.0 Å². The molecular formula is C5H11NO3. The summed E-state index contributed by atoms with van der Waals surface area (Å²) >= 11 is 0. The number of quaternary nitrogens is 1. The van der Waals surface area contributed by atoms with Crippen molar-refractivity contribution < 1.29 is 14.5 Å². The Hall–Kier alpha value is -0.610. The van der Waals surface area contributed by atoms with Crippen LogP contribution in [0.3, 0.4) is 0 Å². The van der Waals surface area contributed by atoms with Crippen LogP contribution in [-0.2, 0) is 4.79 Å². The third kappa shape index (κ3) is 7.39. The van der Waals surface area contributed by atoms with E-state index >= 15 is 0 Å². The Labute approximate surface area is 53.9 Å². The van der Waals surface area contributed by atoms with Crippen LogP contribution in [0.1, 0.15) is 6.42 Å². The van der Waals surface area contributed by atoms with E-state index in [1.54, 1.807) is 0 Å². The second-order valence-corrected chi connectivity index (χ2v) is 2.44. The van der Waals surface area contributed by atoms with E-state index in [0.717, 1.165) is 0 Å². The smallest absolute Gasteiger partial charge is 0.309 e. The largest absolute Gasteiger partial charge is 0.633 e. The topological polar surface area (TPSA) is 60.4 Å². The number of hydrogen-bond acceptors (Lipinski definition) is 2. The quantitative estimate of drug-likeness (QED) is 0.436. The minimum atomic E-state index is -0.919. The number of carbonyl (C=O) groups is 1. The van der Waals surface area contributed by atoms with Crippen LogP contribution >= 0.6 is 0 Å². The molecule has 54 valence electrons. The fourth-order valence-electron chi connectivity index (χ4n) is 0.365. The van der Waals surface area contributed by atoms with Gasteiger partial charge in [0, 0.05) is 0 Å². The van der Waals surface area contributed by atoms with Gasteiger partial charge in [-0.15, -0.1) is 0 Å². The van der Waals surface area contributed by atoms with E-state index in [1.807, 2.05) is 0 Å². The van der Waals surface area contributed by atoms with Crippen LogP contribution in [-0.4, -0.2) is 36.4 Å². The highest BCUT2D eigenvalue weighted by molar-refractivity contribution is 5.66. The second-order valence-electron chi connectivity index (χ2n) is 2.44. The summed E-state index contributed by atoms with van der Waals surface area (Å²) in [7, 11) is 2.84. The van der Waals surface area contributed by atoms with Gasteiger partial charge in [0.05, 0.1) is 27.1 Å². The van der Waals surface area contributed by atoms with Crippen molar-refractivity contribution in [1.29, 1.82) is 0 Å². The van der Waals surface area contributed by atoms with Crippen LogP contribution < -0.4 is 0 Å². The Morgan fingerprint density at radius 3 is 2.22 bits per heavy atom. The molecule has 4 heteroatoms. The van der Waals surface area contributed by atoms with Crippen molar-refractivity contribution in [2.45, 2.75) is 6.42 Å². The van der Waals surface area contributed by atoms with Crippen LogP contribution in [0.25, 0.3) is 0 Å². The maximum absolute atomic E-state index is 10.7. The summed E-state index contributed by atoms with van der Waals surface area (Å²) in [5, 5.41) is 18.8. The molecule has 0 aliphatic heterocycles. The highest BCUT2D eigenvalue weighted by Crippen LogP contribution is 1.93. The number of aliphatic carboxylic acids is 1. The molecule has 0 aromatic heterocycles.